The zero-order chi connectivity index (χ0) is 13.2. The smallest absolute Gasteiger partial charge is 0.240 e. The van der Waals surface area contributed by atoms with Crippen LogP contribution in [0.25, 0.3) is 0 Å². The zero-order valence-electron chi connectivity index (χ0n) is 10.8. The first-order chi connectivity index (χ1) is 8.44. The van der Waals surface area contributed by atoms with Crippen LogP contribution in [0.5, 0.6) is 0 Å². The Balaban J connectivity index is 1.78. The number of rotatable bonds is 3. The number of carbonyl (C=O) groups excluding carboxylic acids is 1. The predicted octanol–water partition coefficient (Wildman–Crippen LogP) is 1.24. The van der Waals surface area contributed by atoms with E-state index in [2.05, 4.69) is 15.2 Å². The fraction of sp³-hybridized carbons (Fsp3) is 0.667. The number of amides is 1. The Morgan fingerprint density at radius 2 is 2.28 bits per heavy atom. The van der Waals surface area contributed by atoms with Gasteiger partial charge in [-0.3, -0.25) is 9.69 Å². The van der Waals surface area contributed by atoms with Gasteiger partial charge in [-0.25, -0.2) is 4.98 Å². The van der Waals surface area contributed by atoms with Crippen LogP contribution in [0.4, 0.5) is 5.13 Å². The van der Waals surface area contributed by atoms with E-state index in [1.807, 2.05) is 19.2 Å². The van der Waals surface area contributed by atoms with Gasteiger partial charge in [-0.05, 0) is 26.7 Å². The Hall–Kier alpha value is -0.980. The Morgan fingerprint density at radius 1 is 1.61 bits per heavy atom. The summed E-state index contributed by atoms with van der Waals surface area (Å²) in [6, 6.07) is 0. The van der Waals surface area contributed by atoms with E-state index in [4.69, 9.17) is 0 Å². The van der Waals surface area contributed by atoms with Crippen LogP contribution in [-0.4, -0.2) is 46.1 Å². The third kappa shape index (κ3) is 3.76. The minimum absolute atomic E-state index is 0.0362. The van der Waals surface area contributed by atoms with Gasteiger partial charge in [-0.15, -0.1) is 11.3 Å². The molecule has 1 saturated heterocycles. The van der Waals surface area contributed by atoms with Gasteiger partial charge in [0.05, 0.1) is 17.8 Å². The van der Waals surface area contributed by atoms with Gasteiger partial charge in [0.1, 0.15) is 0 Å². The summed E-state index contributed by atoms with van der Waals surface area (Å²) in [5.74, 6) is -0.0362. The van der Waals surface area contributed by atoms with Crippen LogP contribution in [0, 0.1) is 6.92 Å². The number of hydrogen-bond donors (Lipinski definition) is 2. The number of nitrogens with zero attached hydrogens (tertiary/aromatic N) is 2. The van der Waals surface area contributed by atoms with E-state index in [9.17, 15) is 9.90 Å². The van der Waals surface area contributed by atoms with Crippen molar-refractivity contribution in [2.75, 3.05) is 25.0 Å². The van der Waals surface area contributed by atoms with Gasteiger partial charge >= 0.3 is 0 Å². The Kier molecular flexibility index (Phi) is 3.99. The summed E-state index contributed by atoms with van der Waals surface area (Å²) in [6.07, 6.45) is 1.44. The number of thiazole rings is 1. The number of anilines is 1. The van der Waals surface area contributed by atoms with Gasteiger partial charge in [0, 0.05) is 18.5 Å². The molecule has 0 aliphatic carbocycles. The van der Waals surface area contributed by atoms with Crippen molar-refractivity contribution in [1.82, 2.24) is 9.88 Å². The fourth-order valence-electron chi connectivity index (χ4n) is 1.97. The zero-order valence-corrected chi connectivity index (χ0v) is 11.6. The molecule has 0 spiro atoms. The third-order valence-electron chi connectivity index (χ3n) is 3.17. The number of carbonyl (C=O) groups is 1. The number of aryl methyl sites for hydroxylation is 1. The molecule has 0 saturated carbocycles. The van der Waals surface area contributed by atoms with Gasteiger partial charge in [0.15, 0.2) is 5.13 Å². The van der Waals surface area contributed by atoms with Gasteiger partial charge in [-0.2, -0.15) is 0 Å². The molecule has 6 heteroatoms. The van der Waals surface area contributed by atoms with Crippen LogP contribution in [0.2, 0.25) is 0 Å². The molecule has 2 rings (SSSR count). The molecule has 2 N–H and O–H groups in total. The molecular weight excluding hydrogens is 250 g/mol. The number of nitrogens with one attached hydrogen (secondary N) is 1. The summed E-state index contributed by atoms with van der Waals surface area (Å²) in [7, 11) is 0. The summed E-state index contributed by atoms with van der Waals surface area (Å²) < 4.78 is 0. The molecule has 0 radical (unpaired) electrons. The van der Waals surface area contributed by atoms with Crippen LogP contribution in [0.3, 0.4) is 0 Å². The predicted molar refractivity (Wildman–Crippen MR) is 71.8 cm³/mol. The van der Waals surface area contributed by atoms with E-state index in [1.165, 1.54) is 11.3 Å². The topological polar surface area (TPSA) is 65.5 Å². The molecule has 0 unspecified atom stereocenters. The molecule has 1 fully saturated rings. The molecule has 1 aliphatic rings. The lowest BCUT2D eigenvalue weighted by molar-refractivity contribution is -0.118. The summed E-state index contributed by atoms with van der Waals surface area (Å²) in [4.78, 5) is 18.1. The minimum atomic E-state index is -0.570. The minimum Gasteiger partial charge on any atom is -0.390 e. The molecular formula is C12H19N3O2S. The summed E-state index contributed by atoms with van der Waals surface area (Å²) >= 11 is 1.44. The first-order valence-electron chi connectivity index (χ1n) is 6.11. The molecule has 1 aromatic rings. The second kappa shape index (κ2) is 5.34. The quantitative estimate of drug-likeness (QED) is 0.866. The monoisotopic (exact) mass is 269 g/mol. The van der Waals surface area contributed by atoms with E-state index < -0.39 is 5.60 Å². The van der Waals surface area contributed by atoms with Gasteiger partial charge < -0.3 is 10.4 Å². The van der Waals surface area contributed by atoms with E-state index in [1.54, 1.807) is 0 Å². The van der Waals surface area contributed by atoms with Crippen molar-refractivity contribution in [2.24, 2.45) is 0 Å². The highest BCUT2D eigenvalue weighted by Crippen LogP contribution is 2.21. The highest BCUT2D eigenvalue weighted by molar-refractivity contribution is 7.13. The Morgan fingerprint density at radius 3 is 2.83 bits per heavy atom. The van der Waals surface area contributed by atoms with Crippen molar-refractivity contribution < 1.29 is 9.90 Å². The molecule has 0 bridgehead atoms. The molecule has 2 heterocycles. The Labute approximate surface area is 111 Å². The summed E-state index contributed by atoms with van der Waals surface area (Å²) in [5.41, 5.74) is 0.351. The van der Waals surface area contributed by atoms with Gasteiger partial charge in [0.25, 0.3) is 0 Å². The second-order valence-electron chi connectivity index (χ2n) is 5.12. The third-order valence-corrected chi connectivity index (χ3v) is 4.04. The van der Waals surface area contributed by atoms with E-state index >= 15 is 0 Å². The molecule has 1 amide bonds. The molecule has 5 nitrogen and oxygen atoms in total. The number of piperidine rings is 1. The maximum Gasteiger partial charge on any atom is 0.240 e. The lowest BCUT2D eigenvalue weighted by Gasteiger charge is -2.35. The first kappa shape index (κ1) is 13.5. The largest absolute Gasteiger partial charge is 0.390 e. The normalized spacial score (nSPS) is 19.7. The maximum absolute atomic E-state index is 11.8. The van der Waals surface area contributed by atoms with Crippen molar-refractivity contribution in [1.29, 1.82) is 0 Å². The van der Waals surface area contributed by atoms with Gasteiger partial charge in [-0.1, -0.05) is 0 Å². The van der Waals surface area contributed by atoms with Crippen LogP contribution < -0.4 is 5.32 Å². The maximum atomic E-state index is 11.8. The molecule has 0 atom stereocenters. The molecule has 1 aromatic heterocycles. The molecule has 1 aliphatic heterocycles. The van der Waals surface area contributed by atoms with Crippen molar-refractivity contribution in [3.63, 3.8) is 0 Å². The van der Waals surface area contributed by atoms with Crippen LogP contribution in [-0.2, 0) is 4.79 Å². The average Bonchev–Trinajstić information content (AvgIpc) is 2.67. The number of aromatic nitrogens is 1. The highest BCUT2D eigenvalue weighted by atomic mass is 32.1. The van der Waals surface area contributed by atoms with Crippen molar-refractivity contribution in [3.05, 3.63) is 11.1 Å². The molecule has 0 aromatic carbocycles. The van der Waals surface area contributed by atoms with Crippen molar-refractivity contribution in [2.45, 2.75) is 32.3 Å². The standard InChI is InChI=1S/C12H19N3O2S/c1-9-8-18-11(13-9)14-10(16)7-15-5-3-12(2,17)4-6-15/h8,17H,3-7H2,1-2H3,(H,13,14,16). The lowest BCUT2D eigenvalue weighted by Crippen LogP contribution is -2.45. The number of likely N-dealkylation sites (tertiary alicyclic amines) is 1. The lowest BCUT2D eigenvalue weighted by atomic mass is 9.94. The SMILES string of the molecule is Cc1csc(NC(=O)CN2CCC(C)(O)CC2)n1. The average molecular weight is 269 g/mol. The number of hydrogen-bond acceptors (Lipinski definition) is 5. The highest BCUT2D eigenvalue weighted by Gasteiger charge is 2.28. The van der Waals surface area contributed by atoms with Crippen LogP contribution in [0.1, 0.15) is 25.5 Å². The second-order valence-corrected chi connectivity index (χ2v) is 5.97. The van der Waals surface area contributed by atoms with Crippen molar-refractivity contribution >= 4 is 22.4 Å². The summed E-state index contributed by atoms with van der Waals surface area (Å²) in [5, 5.41) is 15.2. The molecule has 100 valence electrons. The van der Waals surface area contributed by atoms with E-state index in [0.29, 0.717) is 11.7 Å². The summed E-state index contributed by atoms with van der Waals surface area (Å²) in [6.45, 7) is 5.64. The van der Waals surface area contributed by atoms with Crippen LogP contribution in [0.15, 0.2) is 5.38 Å². The van der Waals surface area contributed by atoms with Crippen molar-refractivity contribution in [3.8, 4) is 0 Å². The fourth-order valence-corrected chi connectivity index (χ4v) is 2.67. The van der Waals surface area contributed by atoms with Gasteiger partial charge in [0.2, 0.25) is 5.91 Å². The van der Waals surface area contributed by atoms with E-state index in [0.717, 1.165) is 31.6 Å². The van der Waals surface area contributed by atoms with Crippen LogP contribution >= 0.6 is 11.3 Å². The van der Waals surface area contributed by atoms with E-state index in [-0.39, 0.29) is 5.91 Å². The molecule has 18 heavy (non-hydrogen) atoms. The Bertz CT molecular complexity index is 421. The first-order valence-corrected chi connectivity index (χ1v) is 6.99. The number of aliphatic hydroxyl groups is 1.